The first-order valence-electron chi connectivity index (χ1n) is 7.24. The van der Waals surface area contributed by atoms with E-state index in [-0.39, 0.29) is 12.5 Å². The highest BCUT2D eigenvalue weighted by Gasteiger charge is 2.07. The summed E-state index contributed by atoms with van der Waals surface area (Å²) in [6, 6.07) is 13.8. The second-order valence-electron chi connectivity index (χ2n) is 5.52. The smallest absolute Gasteiger partial charge is 0.262 e. The van der Waals surface area contributed by atoms with Gasteiger partial charge in [-0.2, -0.15) is 0 Å². The molecule has 0 heterocycles. The van der Waals surface area contributed by atoms with Crippen molar-refractivity contribution in [1.82, 2.24) is 0 Å². The van der Waals surface area contributed by atoms with Crippen molar-refractivity contribution in [3.05, 3.63) is 57.2 Å². The largest absolute Gasteiger partial charge is 0.484 e. The highest BCUT2D eigenvalue weighted by Crippen LogP contribution is 2.20. The van der Waals surface area contributed by atoms with Crippen LogP contribution in [0.15, 0.2) is 42.5 Å². The molecule has 0 fully saturated rings. The fourth-order valence-corrected chi connectivity index (χ4v) is 2.71. The molecule has 22 heavy (non-hydrogen) atoms. The number of carbonyl (C=O) groups is 1. The molecule has 116 valence electrons. The van der Waals surface area contributed by atoms with Gasteiger partial charge in [0, 0.05) is 9.26 Å². The van der Waals surface area contributed by atoms with Crippen LogP contribution in [0.5, 0.6) is 5.75 Å². The van der Waals surface area contributed by atoms with Crippen molar-refractivity contribution in [2.75, 3.05) is 11.9 Å². The van der Waals surface area contributed by atoms with E-state index in [4.69, 9.17) is 4.74 Å². The number of halogens is 1. The summed E-state index contributed by atoms with van der Waals surface area (Å²) in [4.78, 5) is 12.0. The zero-order valence-corrected chi connectivity index (χ0v) is 15.2. The quantitative estimate of drug-likeness (QED) is 0.725. The normalized spacial score (nSPS) is 10.6. The lowest BCUT2D eigenvalue weighted by molar-refractivity contribution is -0.118. The van der Waals surface area contributed by atoms with Crippen LogP contribution in [0.4, 0.5) is 5.69 Å². The monoisotopic (exact) mass is 409 g/mol. The SMILES string of the molecule is Cc1cc(I)ccc1NC(=O)COc1cccc(C(C)C)c1. The van der Waals surface area contributed by atoms with E-state index >= 15 is 0 Å². The molecular formula is C18H20INO2. The van der Waals surface area contributed by atoms with Gasteiger partial charge >= 0.3 is 0 Å². The van der Waals surface area contributed by atoms with Gasteiger partial charge in [-0.25, -0.2) is 0 Å². The van der Waals surface area contributed by atoms with E-state index in [9.17, 15) is 4.79 Å². The van der Waals surface area contributed by atoms with Crippen molar-refractivity contribution in [1.29, 1.82) is 0 Å². The molecule has 2 aromatic carbocycles. The standard InChI is InChI=1S/C18H20INO2/c1-12(2)14-5-4-6-16(10-14)22-11-18(21)20-17-8-7-15(19)9-13(17)3/h4-10,12H,11H2,1-3H3,(H,20,21). The van der Waals surface area contributed by atoms with Gasteiger partial charge in [0.2, 0.25) is 0 Å². The van der Waals surface area contributed by atoms with Crippen LogP contribution in [0.25, 0.3) is 0 Å². The topological polar surface area (TPSA) is 38.3 Å². The minimum absolute atomic E-state index is 0.00692. The lowest BCUT2D eigenvalue weighted by atomic mass is 10.0. The van der Waals surface area contributed by atoms with Crippen molar-refractivity contribution in [2.24, 2.45) is 0 Å². The van der Waals surface area contributed by atoms with Crippen LogP contribution in [0.2, 0.25) is 0 Å². The van der Waals surface area contributed by atoms with Gasteiger partial charge in [0.05, 0.1) is 0 Å². The Morgan fingerprint density at radius 1 is 1.23 bits per heavy atom. The number of hydrogen-bond acceptors (Lipinski definition) is 2. The van der Waals surface area contributed by atoms with E-state index in [1.54, 1.807) is 0 Å². The molecule has 0 spiro atoms. The molecule has 1 N–H and O–H groups in total. The predicted molar refractivity (Wildman–Crippen MR) is 98.6 cm³/mol. The van der Waals surface area contributed by atoms with Crippen molar-refractivity contribution in [3.63, 3.8) is 0 Å². The number of aryl methyl sites for hydroxylation is 1. The Bertz CT molecular complexity index is 668. The Morgan fingerprint density at radius 2 is 2.00 bits per heavy atom. The maximum atomic E-state index is 12.0. The number of rotatable bonds is 5. The van der Waals surface area contributed by atoms with Crippen LogP contribution in [0, 0.1) is 10.5 Å². The fourth-order valence-electron chi connectivity index (χ4n) is 2.07. The van der Waals surface area contributed by atoms with E-state index in [1.807, 2.05) is 43.3 Å². The lowest BCUT2D eigenvalue weighted by Gasteiger charge is -2.11. The summed E-state index contributed by atoms with van der Waals surface area (Å²) < 4.78 is 6.73. The lowest BCUT2D eigenvalue weighted by Crippen LogP contribution is -2.20. The second kappa shape index (κ2) is 7.63. The zero-order chi connectivity index (χ0) is 16.1. The minimum atomic E-state index is -0.153. The summed E-state index contributed by atoms with van der Waals surface area (Å²) in [6.45, 7) is 6.24. The summed E-state index contributed by atoms with van der Waals surface area (Å²) in [5.74, 6) is 1.01. The van der Waals surface area contributed by atoms with Gasteiger partial charge in [0.25, 0.3) is 5.91 Å². The number of nitrogens with one attached hydrogen (secondary N) is 1. The van der Waals surface area contributed by atoms with Crippen LogP contribution in [-0.4, -0.2) is 12.5 Å². The van der Waals surface area contributed by atoms with Crippen molar-refractivity contribution >= 4 is 34.2 Å². The van der Waals surface area contributed by atoms with Gasteiger partial charge in [-0.15, -0.1) is 0 Å². The number of amides is 1. The summed E-state index contributed by atoms with van der Waals surface area (Å²) in [7, 11) is 0. The molecule has 0 aliphatic heterocycles. The highest BCUT2D eigenvalue weighted by molar-refractivity contribution is 14.1. The number of ether oxygens (including phenoxy) is 1. The molecule has 0 bridgehead atoms. The molecule has 0 aliphatic rings. The Labute approximate surface area is 145 Å². The summed E-state index contributed by atoms with van der Waals surface area (Å²) >= 11 is 2.25. The van der Waals surface area contributed by atoms with Gasteiger partial charge in [-0.05, 0) is 76.9 Å². The Balaban J connectivity index is 1.94. The van der Waals surface area contributed by atoms with Crippen molar-refractivity contribution < 1.29 is 9.53 Å². The Morgan fingerprint density at radius 3 is 2.68 bits per heavy atom. The van der Waals surface area contributed by atoms with Crippen LogP contribution >= 0.6 is 22.6 Å². The fraction of sp³-hybridized carbons (Fsp3) is 0.278. The van der Waals surface area contributed by atoms with Crippen molar-refractivity contribution in [3.8, 4) is 5.75 Å². The van der Waals surface area contributed by atoms with Crippen LogP contribution in [-0.2, 0) is 4.79 Å². The predicted octanol–water partition coefficient (Wildman–Crippen LogP) is 4.74. The van der Waals surface area contributed by atoms with Gasteiger partial charge < -0.3 is 10.1 Å². The highest BCUT2D eigenvalue weighted by atomic mass is 127. The third kappa shape index (κ3) is 4.73. The van der Waals surface area contributed by atoms with Crippen LogP contribution in [0.1, 0.15) is 30.9 Å². The summed E-state index contributed by atoms with van der Waals surface area (Å²) in [5.41, 5.74) is 3.07. The van der Waals surface area contributed by atoms with E-state index < -0.39 is 0 Å². The molecule has 2 aromatic rings. The molecule has 1 amide bonds. The van der Waals surface area contributed by atoms with Gasteiger partial charge in [-0.3, -0.25) is 4.79 Å². The maximum absolute atomic E-state index is 12.0. The first kappa shape index (κ1) is 16.8. The molecule has 0 saturated carbocycles. The number of benzene rings is 2. The van der Waals surface area contributed by atoms with Crippen molar-refractivity contribution in [2.45, 2.75) is 26.7 Å². The molecule has 0 saturated heterocycles. The zero-order valence-electron chi connectivity index (χ0n) is 13.0. The molecule has 0 aliphatic carbocycles. The second-order valence-corrected chi connectivity index (χ2v) is 6.77. The first-order chi connectivity index (χ1) is 10.5. The third-order valence-electron chi connectivity index (χ3n) is 3.36. The number of anilines is 1. The number of hydrogen-bond donors (Lipinski definition) is 1. The van der Waals surface area contributed by atoms with Gasteiger partial charge in [-0.1, -0.05) is 26.0 Å². The molecule has 4 heteroatoms. The average Bonchev–Trinajstić information content (AvgIpc) is 2.48. The number of carbonyl (C=O) groups excluding carboxylic acids is 1. The van der Waals surface area contributed by atoms with Crippen LogP contribution in [0.3, 0.4) is 0 Å². The summed E-state index contributed by atoms with van der Waals surface area (Å²) in [6.07, 6.45) is 0. The van der Waals surface area contributed by atoms with Gasteiger partial charge in [0.1, 0.15) is 5.75 Å². The molecule has 0 radical (unpaired) electrons. The first-order valence-corrected chi connectivity index (χ1v) is 8.32. The molecule has 2 rings (SSSR count). The minimum Gasteiger partial charge on any atom is -0.484 e. The third-order valence-corrected chi connectivity index (χ3v) is 4.03. The Kier molecular flexibility index (Phi) is 5.83. The van der Waals surface area contributed by atoms with E-state index in [1.165, 1.54) is 5.56 Å². The van der Waals surface area contributed by atoms with Gasteiger partial charge in [0.15, 0.2) is 6.61 Å². The average molecular weight is 409 g/mol. The van der Waals surface area contributed by atoms with E-state index in [0.29, 0.717) is 5.92 Å². The molecule has 0 atom stereocenters. The van der Waals surface area contributed by atoms with Crippen LogP contribution < -0.4 is 10.1 Å². The molecule has 0 unspecified atom stereocenters. The summed E-state index contributed by atoms with van der Waals surface area (Å²) in [5, 5.41) is 2.88. The molecule has 3 nitrogen and oxygen atoms in total. The molecule has 0 aromatic heterocycles. The molecular weight excluding hydrogens is 389 g/mol. The van der Waals surface area contributed by atoms with E-state index in [2.05, 4.69) is 47.8 Å². The Hall–Kier alpha value is -1.56. The van der Waals surface area contributed by atoms with E-state index in [0.717, 1.165) is 20.6 Å². The maximum Gasteiger partial charge on any atom is 0.262 e.